The van der Waals surface area contributed by atoms with Crippen molar-refractivity contribution >= 4 is 11.6 Å². The molecule has 7 heteroatoms. The fourth-order valence-corrected chi connectivity index (χ4v) is 2.48. The third-order valence-electron chi connectivity index (χ3n) is 3.74. The lowest BCUT2D eigenvalue weighted by Crippen LogP contribution is -2.14. The SMILES string of the molecule is O=C(Nc1cccnc1-n1cccn1)c1ccc(Oc2cccnc2)cc1. The molecule has 7 nitrogen and oxygen atoms in total. The van der Waals surface area contributed by atoms with Gasteiger partial charge in [-0.2, -0.15) is 5.10 Å². The Morgan fingerprint density at radius 3 is 2.52 bits per heavy atom. The third-order valence-corrected chi connectivity index (χ3v) is 3.74. The number of carbonyl (C=O) groups is 1. The quantitative estimate of drug-likeness (QED) is 0.589. The highest BCUT2D eigenvalue weighted by Crippen LogP contribution is 2.22. The van der Waals surface area contributed by atoms with Crippen LogP contribution in [0.15, 0.2) is 85.6 Å². The summed E-state index contributed by atoms with van der Waals surface area (Å²) >= 11 is 0. The number of rotatable bonds is 5. The minimum Gasteiger partial charge on any atom is -0.456 e. The van der Waals surface area contributed by atoms with Gasteiger partial charge in [-0.3, -0.25) is 9.78 Å². The summed E-state index contributed by atoms with van der Waals surface area (Å²) in [5.74, 6) is 1.56. The van der Waals surface area contributed by atoms with E-state index in [1.807, 2.05) is 6.07 Å². The molecule has 0 fully saturated rings. The Labute approximate surface area is 155 Å². The maximum atomic E-state index is 12.6. The highest BCUT2D eigenvalue weighted by atomic mass is 16.5. The minimum atomic E-state index is -0.246. The number of nitrogens with one attached hydrogen (secondary N) is 1. The molecule has 3 heterocycles. The fraction of sp³-hybridized carbons (Fsp3) is 0. The molecule has 27 heavy (non-hydrogen) atoms. The molecule has 3 aromatic heterocycles. The van der Waals surface area contributed by atoms with Crippen LogP contribution in [-0.4, -0.2) is 25.7 Å². The number of pyridine rings is 2. The first-order valence-electron chi connectivity index (χ1n) is 8.24. The van der Waals surface area contributed by atoms with E-state index in [4.69, 9.17) is 4.74 Å². The van der Waals surface area contributed by atoms with Gasteiger partial charge >= 0.3 is 0 Å². The molecule has 0 aliphatic carbocycles. The fourth-order valence-electron chi connectivity index (χ4n) is 2.48. The molecule has 1 amide bonds. The number of ether oxygens (including phenoxy) is 1. The van der Waals surface area contributed by atoms with Gasteiger partial charge in [0.1, 0.15) is 11.5 Å². The third kappa shape index (κ3) is 3.82. The number of carbonyl (C=O) groups excluding carboxylic acids is 1. The molecule has 1 N–H and O–H groups in total. The van der Waals surface area contributed by atoms with Gasteiger partial charge in [-0.25, -0.2) is 9.67 Å². The molecule has 0 radical (unpaired) electrons. The summed E-state index contributed by atoms with van der Waals surface area (Å²) in [6, 6.07) is 15.8. The highest BCUT2D eigenvalue weighted by Gasteiger charge is 2.11. The first-order valence-corrected chi connectivity index (χ1v) is 8.24. The molecule has 4 aromatic rings. The van der Waals surface area contributed by atoms with E-state index in [1.54, 1.807) is 84.2 Å². The molecule has 0 saturated heterocycles. The van der Waals surface area contributed by atoms with Crippen molar-refractivity contribution in [2.45, 2.75) is 0 Å². The van der Waals surface area contributed by atoms with Gasteiger partial charge in [0.25, 0.3) is 5.91 Å². The largest absolute Gasteiger partial charge is 0.456 e. The molecule has 132 valence electrons. The highest BCUT2D eigenvalue weighted by molar-refractivity contribution is 6.05. The standard InChI is InChI=1S/C20H15N5O2/c26-20(24-18-5-2-11-22-19(18)25-13-3-12-23-25)15-6-8-16(9-7-15)27-17-4-1-10-21-14-17/h1-14H,(H,24,26). The summed E-state index contributed by atoms with van der Waals surface area (Å²) in [7, 11) is 0. The summed E-state index contributed by atoms with van der Waals surface area (Å²) in [6.07, 6.45) is 8.37. The van der Waals surface area contributed by atoms with Crippen molar-refractivity contribution in [2.75, 3.05) is 5.32 Å². The Balaban J connectivity index is 1.49. The number of amides is 1. The van der Waals surface area contributed by atoms with Gasteiger partial charge in [-0.05, 0) is 54.6 Å². The van der Waals surface area contributed by atoms with Crippen molar-refractivity contribution in [1.82, 2.24) is 19.7 Å². The normalized spacial score (nSPS) is 10.4. The number of hydrogen-bond acceptors (Lipinski definition) is 5. The summed E-state index contributed by atoms with van der Waals surface area (Å²) in [4.78, 5) is 20.9. The molecular formula is C20H15N5O2. The van der Waals surface area contributed by atoms with Crippen LogP contribution in [0.25, 0.3) is 5.82 Å². The second-order valence-corrected chi connectivity index (χ2v) is 5.59. The maximum Gasteiger partial charge on any atom is 0.255 e. The Morgan fingerprint density at radius 1 is 0.926 bits per heavy atom. The van der Waals surface area contributed by atoms with Crippen molar-refractivity contribution < 1.29 is 9.53 Å². The molecule has 0 aliphatic heterocycles. The number of benzene rings is 1. The smallest absolute Gasteiger partial charge is 0.255 e. The predicted molar refractivity (Wildman–Crippen MR) is 100 cm³/mol. The van der Waals surface area contributed by atoms with E-state index in [-0.39, 0.29) is 5.91 Å². The monoisotopic (exact) mass is 357 g/mol. The zero-order chi connectivity index (χ0) is 18.5. The van der Waals surface area contributed by atoms with Crippen LogP contribution in [0.4, 0.5) is 5.69 Å². The molecule has 0 spiro atoms. The van der Waals surface area contributed by atoms with Crippen LogP contribution in [-0.2, 0) is 0 Å². The molecule has 0 unspecified atom stereocenters. The Morgan fingerprint density at radius 2 is 1.78 bits per heavy atom. The summed E-state index contributed by atoms with van der Waals surface area (Å²) in [5.41, 5.74) is 1.07. The zero-order valence-electron chi connectivity index (χ0n) is 14.2. The number of hydrogen-bond donors (Lipinski definition) is 1. The van der Waals surface area contributed by atoms with Crippen LogP contribution in [0, 0.1) is 0 Å². The van der Waals surface area contributed by atoms with Crippen molar-refractivity contribution in [3.8, 4) is 17.3 Å². The van der Waals surface area contributed by atoms with Gasteiger partial charge in [0.15, 0.2) is 5.82 Å². The number of anilines is 1. The van der Waals surface area contributed by atoms with E-state index in [0.717, 1.165) is 0 Å². The lowest BCUT2D eigenvalue weighted by Gasteiger charge is -2.10. The van der Waals surface area contributed by atoms with Gasteiger partial charge in [0.2, 0.25) is 0 Å². The van der Waals surface area contributed by atoms with Gasteiger partial charge in [-0.1, -0.05) is 0 Å². The minimum absolute atomic E-state index is 0.246. The molecule has 0 atom stereocenters. The molecule has 0 saturated carbocycles. The van der Waals surface area contributed by atoms with Crippen LogP contribution < -0.4 is 10.1 Å². The molecular weight excluding hydrogens is 342 g/mol. The Kier molecular flexibility index (Phi) is 4.57. The van der Waals surface area contributed by atoms with Crippen molar-refractivity contribution in [3.63, 3.8) is 0 Å². The molecule has 1 aromatic carbocycles. The van der Waals surface area contributed by atoms with E-state index in [0.29, 0.717) is 28.6 Å². The molecule has 4 rings (SSSR count). The van der Waals surface area contributed by atoms with Crippen LogP contribution in [0.3, 0.4) is 0 Å². The maximum absolute atomic E-state index is 12.6. The number of nitrogens with zero attached hydrogens (tertiary/aromatic N) is 4. The topological polar surface area (TPSA) is 81.9 Å². The van der Waals surface area contributed by atoms with Crippen molar-refractivity contribution in [1.29, 1.82) is 0 Å². The Hall–Kier alpha value is -4.00. The summed E-state index contributed by atoms with van der Waals surface area (Å²) in [6.45, 7) is 0. The summed E-state index contributed by atoms with van der Waals surface area (Å²) < 4.78 is 7.28. The first-order chi connectivity index (χ1) is 13.3. The Bertz CT molecular complexity index is 1030. The lowest BCUT2D eigenvalue weighted by molar-refractivity contribution is 0.102. The molecule has 0 aliphatic rings. The van der Waals surface area contributed by atoms with Gasteiger partial charge in [0, 0.05) is 30.4 Å². The van der Waals surface area contributed by atoms with Crippen LogP contribution in [0.1, 0.15) is 10.4 Å². The van der Waals surface area contributed by atoms with E-state index >= 15 is 0 Å². The number of aromatic nitrogens is 4. The molecule has 0 bridgehead atoms. The van der Waals surface area contributed by atoms with Crippen molar-refractivity contribution in [3.05, 3.63) is 91.1 Å². The second-order valence-electron chi connectivity index (χ2n) is 5.59. The summed E-state index contributed by atoms with van der Waals surface area (Å²) in [5, 5.41) is 7.03. The average molecular weight is 357 g/mol. The van der Waals surface area contributed by atoms with Gasteiger partial charge < -0.3 is 10.1 Å². The van der Waals surface area contributed by atoms with E-state index in [1.165, 1.54) is 0 Å². The predicted octanol–water partition coefficient (Wildman–Crippen LogP) is 3.71. The van der Waals surface area contributed by atoms with Crippen LogP contribution >= 0.6 is 0 Å². The van der Waals surface area contributed by atoms with E-state index < -0.39 is 0 Å². The second kappa shape index (κ2) is 7.49. The van der Waals surface area contributed by atoms with Gasteiger partial charge in [-0.15, -0.1) is 0 Å². The zero-order valence-corrected chi connectivity index (χ0v) is 14.2. The van der Waals surface area contributed by atoms with E-state index in [2.05, 4.69) is 20.4 Å². The van der Waals surface area contributed by atoms with Crippen molar-refractivity contribution in [2.24, 2.45) is 0 Å². The van der Waals surface area contributed by atoms with E-state index in [9.17, 15) is 4.79 Å². The van der Waals surface area contributed by atoms with Gasteiger partial charge in [0.05, 0.1) is 11.9 Å². The van der Waals surface area contributed by atoms with Crippen LogP contribution in [0.2, 0.25) is 0 Å². The first kappa shape index (κ1) is 16.5. The average Bonchev–Trinajstić information content (AvgIpc) is 3.24. The van der Waals surface area contributed by atoms with Crippen LogP contribution in [0.5, 0.6) is 11.5 Å². The lowest BCUT2D eigenvalue weighted by atomic mass is 10.2.